The molecule has 5 rings (SSSR count). The van der Waals surface area contributed by atoms with Crippen LogP contribution in [0.4, 0.5) is 5.69 Å². The molecule has 100 valence electrons. The van der Waals surface area contributed by atoms with Crippen molar-refractivity contribution < 1.29 is 4.79 Å². The summed E-state index contributed by atoms with van der Waals surface area (Å²) in [4.78, 5) is 12.8. The fraction of sp³-hybridized carbons (Fsp3) is 0.588. The maximum absolute atomic E-state index is 12.8. The second-order valence-corrected chi connectivity index (χ2v) is 6.95. The van der Waals surface area contributed by atoms with Crippen LogP contribution in [-0.4, -0.2) is 5.78 Å². The van der Waals surface area contributed by atoms with Crippen molar-refractivity contribution >= 4 is 11.5 Å². The molecule has 2 nitrogen and oxygen atoms in total. The largest absolute Gasteiger partial charge is 0.399 e. The van der Waals surface area contributed by atoms with Gasteiger partial charge in [0.25, 0.3) is 0 Å². The number of hydrogen-bond acceptors (Lipinski definition) is 2. The zero-order valence-corrected chi connectivity index (χ0v) is 11.2. The summed E-state index contributed by atoms with van der Waals surface area (Å²) in [5, 5.41) is 0. The maximum Gasteiger partial charge on any atom is 0.166 e. The minimum absolute atomic E-state index is 0.287. The predicted molar refractivity (Wildman–Crippen MR) is 75.7 cm³/mol. The molecule has 0 atom stereocenters. The van der Waals surface area contributed by atoms with E-state index >= 15 is 0 Å². The molecule has 0 heterocycles. The maximum atomic E-state index is 12.8. The molecule has 0 aromatic heterocycles. The average molecular weight is 255 g/mol. The van der Waals surface area contributed by atoms with Crippen molar-refractivity contribution in [2.75, 3.05) is 5.73 Å². The number of rotatable bonds is 2. The Morgan fingerprint density at radius 3 is 2.21 bits per heavy atom. The quantitative estimate of drug-likeness (QED) is 0.649. The minimum Gasteiger partial charge on any atom is -0.399 e. The molecule has 2 N–H and O–H groups in total. The monoisotopic (exact) mass is 255 g/mol. The van der Waals surface area contributed by atoms with Gasteiger partial charge in [-0.2, -0.15) is 0 Å². The first-order chi connectivity index (χ1) is 9.20. The molecule has 0 unspecified atom stereocenters. The van der Waals surface area contributed by atoms with Crippen LogP contribution in [0, 0.1) is 29.6 Å². The van der Waals surface area contributed by atoms with Crippen LogP contribution in [0.3, 0.4) is 0 Å². The van der Waals surface area contributed by atoms with Gasteiger partial charge >= 0.3 is 0 Å². The van der Waals surface area contributed by atoms with Crippen LogP contribution < -0.4 is 5.73 Å². The molecular formula is C17H21NO. The molecule has 0 aliphatic heterocycles. The number of nitrogens with two attached hydrogens (primary N) is 1. The van der Waals surface area contributed by atoms with Crippen LogP contribution in [0.5, 0.6) is 0 Å². The molecule has 0 radical (unpaired) electrons. The van der Waals surface area contributed by atoms with E-state index in [4.69, 9.17) is 5.73 Å². The predicted octanol–water partition coefficient (Wildman–Crippen LogP) is 3.52. The van der Waals surface area contributed by atoms with Gasteiger partial charge in [0.15, 0.2) is 5.78 Å². The standard InChI is InChI=1S/C17H21NO/c18-15-3-1-2-12(9-15)17(19)16-13-5-10-4-11(7-13)8-14(16)6-10/h1-3,9-11,13-14,16H,4-8,18H2. The number of anilines is 1. The van der Waals surface area contributed by atoms with Crippen molar-refractivity contribution in [3.05, 3.63) is 29.8 Å². The van der Waals surface area contributed by atoms with E-state index in [2.05, 4.69) is 0 Å². The molecule has 0 saturated heterocycles. The minimum atomic E-state index is 0.287. The van der Waals surface area contributed by atoms with E-state index in [-0.39, 0.29) is 5.92 Å². The van der Waals surface area contributed by atoms with Crippen molar-refractivity contribution in [2.45, 2.75) is 32.1 Å². The Balaban J connectivity index is 1.64. The van der Waals surface area contributed by atoms with Gasteiger partial charge in [0.05, 0.1) is 0 Å². The number of carbonyl (C=O) groups excluding carboxylic acids is 1. The van der Waals surface area contributed by atoms with Gasteiger partial charge in [0, 0.05) is 17.2 Å². The van der Waals surface area contributed by atoms with Gasteiger partial charge in [-0.3, -0.25) is 4.79 Å². The average Bonchev–Trinajstić information content (AvgIpc) is 2.37. The molecule has 0 amide bonds. The summed E-state index contributed by atoms with van der Waals surface area (Å²) in [6, 6.07) is 7.55. The third-order valence-corrected chi connectivity index (χ3v) is 5.70. The van der Waals surface area contributed by atoms with Crippen LogP contribution in [0.1, 0.15) is 42.5 Å². The van der Waals surface area contributed by atoms with Crippen molar-refractivity contribution in [3.8, 4) is 0 Å². The first-order valence-electron chi connectivity index (χ1n) is 7.60. The zero-order chi connectivity index (χ0) is 13.0. The normalized spacial score (nSPS) is 39.5. The Kier molecular flexibility index (Phi) is 2.48. The molecule has 1 aromatic rings. The number of hydrogen-bond donors (Lipinski definition) is 1. The van der Waals surface area contributed by atoms with Crippen LogP contribution in [-0.2, 0) is 0 Å². The van der Waals surface area contributed by atoms with E-state index < -0.39 is 0 Å². The lowest BCUT2D eigenvalue weighted by Crippen LogP contribution is -2.48. The van der Waals surface area contributed by atoms with Crippen LogP contribution in [0.2, 0.25) is 0 Å². The second kappa shape index (κ2) is 4.09. The highest BCUT2D eigenvalue weighted by Gasteiger charge is 2.50. The molecule has 4 aliphatic rings. The summed E-state index contributed by atoms with van der Waals surface area (Å²) in [6.45, 7) is 0. The Labute approximate surface area is 114 Å². The first kappa shape index (κ1) is 11.5. The summed E-state index contributed by atoms with van der Waals surface area (Å²) < 4.78 is 0. The second-order valence-electron chi connectivity index (χ2n) is 6.95. The van der Waals surface area contributed by atoms with Gasteiger partial charge in [0.2, 0.25) is 0 Å². The smallest absolute Gasteiger partial charge is 0.166 e. The first-order valence-corrected chi connectivity index (χ1v) is 7.60. The molecule has 4 saturated carbocycles. The third kappa shape index (κ3) is 1.80. The van der Waals surface area contributed by atoms with E-state index in [1.807, 2.05) is 24.3 Å². The fourth-order valence-corrected chi connectivity index (χ4v) is 5.24. The molecule has 4 aliphatic carbocycles. The highest BCUT2D eigenvalue weighted by Crippen LogP contribution is 2.57. The van der Waals surface area contributed by atoms with Crippen molar-refractivity contribution in [1.82, 2.24) is 0 Å². The van der Waals surface area contributed by atoms with Gasteiger partial charge in [-0.1, -0.05) is 12.1 Å². The van der Waals surface area contributed by atoms with Crippen molar-refractivity contribution in [3.63, 3.8) is 0 Å². The Bertz CT molecular complexity index is 494. The Hall–Kier alpha value is -1.31. The van der Waals surface area contributed by atoms with Crippen molar-refractivity contribution in [1.29, 1.82) is 0 Å². The van der Waals surface area contributed by atoms with E-state index in [0.717, 1.165) is 17.4 Å². The van der Waals surface area contributed by atoms with Crippen molar-refractivity contribution in [2.24, 2.45) is 29.6 Å². The summed E-state index contributed by atoms with van der Waals surface area (Å²) >= 11 is 0. The molecule has 4 fully saturated rings. The lowest BCUT2D eigenvalue weighted by atomic mass is 9.51. The number of benzene rings is 1. The number of nitrogen functional groups attached to an aromatic ring is 1. The summed E-state index contributed by atoms with van der Waals surface area (Å²) in [6.07, 6.45) is 6.63. The van der Waals surface area contributed by atoms with Crippen LogP contribution in [0.15, 0.2) is 24.3 Å². The van der Waals surface area contributed by atoms with Gasteiger partial charge in [-0.25, -0.2) is 0 Å². The summed E-state index contributed by atoms with van der Waals surface area (Å²) in [5.41, 5.74) is 7.35. The van der Waals surface area contributed by atoms with Gasteiger partial charge in [-0.15, -0.1) is 0 Å². The molecular weight excluding hydrogens is 234 g/mol. The molecule has 2 heteroatoms. The van der Waals surface area contributed by atoms with Gasteiger partial charge < -0.3 is 5.73 Å². The lowest BCUT2D eigenvalue weighted by molar-refractivity contribution is -0.0251. The van der Waals surface area contributed by atoms with Crippen LogP contribution in [0.25, 0.3) is 0 Å². The Morgan fingerprint density at radius 1 is 1.00 bits per heavy atom. The SMILES string of the molecule is Nc1cccc(C(=O)C2C3CC4CC(C3)CC2C4)c1. The molecule has 4 bridgehead atoms. The topological polar surface area (TPSA) is 43.1 Å². The van der Waals surface area contributed by atoms with E-state index in [0.29, 0.717) is 23.3 Å². The van der Waals surface area contributed by atoms with E-state index in [9.17, 15) is 4.79 Å². The fourth-order valence-electron chi connectivity index (χ4n) is 5.24. The van der Waals surface area contributed by atoms with Gasteiger partial charge in [0.1, 0.15) is 0 Å². The zero-order valence-electron chi connectivity index (χ0n) is 11.2. The highest BCUT2D eigenvalue weighted by atomic mass is 16.1. The van der Waals surface area contributed by atoms with Gasteiger partial charge in [-0.05, 0) is 67.9 Å². The number of ketones is 1. The van der Waals surface area contributed by atoms with E-state index in [1.165, 1.54) is 32.1 Å². The number of carbonyl (C=O) groups is 1. The van der Waals surface area contributed by atoms with E-state index in [1.54, 1.807) is 0 Å². The Morgan fingerprint density at radius 2 is 1.63 bits per heavy atom. The molecule has 1 aromatic carbocycles. The lowest BCUT2D eigenvalue weighted by Gasteiger charge is -2.53. The third-order valence-electron chi connectivity index (χ3n) is 5.70. The molecule has 0 spiro atoms. The summed E-state index contributed by atoms with van der Waals surface area (Å²) in [5.74, 6) is 3.81. The number of Topliss-reactive ketones (excluding diaryl/α,β-unsaturated/α-hetero) is 1. The summed E-state index contributed by atoms with van der Waals surface area (Å²) in [7, 11) is 0. The highest BCUT2D eigenvalue weighted by molar-refractivity contribution is 5.99. The van der Waals surface area contributed by atoms with Crippen LogP contribution >= 0.6 is 0 Å². The molecule has 19 heavy (non-hydrogen) atoms.